The maximum atomic E-state index is 11.8. The van der Waals surface area contributed by atoms with Crippen molar-refractivity contribution in [3.63, 3.8) is 0 Å². The standard InChI is InChI=1S/C16H30N4O4/c1-16(2,3)24-15(22)18-7-6-17-14(21)19-9-13-10-20-8-4-5-12(20)11-23-13/h12-13H,4-11H2,1-3H3,(H,18,22)(H2,17,19,21)/t12-,13+/m0/s1. The molecule has 2 fully saturated rings. The van der Waals surface area contributed by atoms with E-state index in [2.05, 4.69) is 20.9 Å². The number of ether oxygens (including phenoxy) is 2. The number of rotatable bonds is 5. The summed E-state index contributed by atoms with van der Waals surface area (Å²) in [5.74, 6) is 0. The quantitative estimate of drug-likeness (QED) is 0.639. The fourth-order valence-corrected chi connectivity index (χ4v) is 2.93. The molecule has 3 N–H and O–H groups in total. The summed E-state index contributed by atoms with van der Waals surface area (Å²) in [6.07, 6.45) is 2.01. The zero-order chi connectivity index (χ0) is 17.6. The summed E-state index contributed by atoms with van der Waals surface area (Å²) in [5, 5.41) is 8.10. The van der Waals surface area contributed by atoms with Crippen molar-refractivity contribution in [1.82, 2.24) is 20.9 Å². The van der Waals surface area contributed by atoms with Crippen molar-refractivity contribution < 1.29 is 19.1 Å². The van der Waals surface area contributed by atoms with E-state index in [4.69, 9.17) is 9.47 Å². The maximum absolute atomic E-state index is 11.8. The van der Waals surface area contributed by atoms with Crippen LogP contribution >= 0.6 is 0 Å². The number of nitrogens with one attached hydrogen (secondary N) is 3. The van der Waals surface area contributed by atoms with Crippen LogP contribution in [-0.4, -0.2) is 74.1 Å². The number of hydrogen-bond acceptors (Lipinski definition) is 5. The Balaban J connectivity index is 1.52. The highest BCUT2D eigenvalue weighted by atomic mass is 16.6. The summed E-state index contributed by atoms with van der Waals surface area (Å²) in [6, 6.07) is 0.308. The van der Waals surface area contributed by atoms with Gasteiger partial charge in [0.1, 0.15) is 5.60 Å². The molecule has 0 aromatic heterocycles. The number of urea groups is 1. The number of morpholine rings is 1. The topological polar surface area (TPSA) is 91.9 Å². The van der Waals surface area contributed by atoms with Crippen molar-refractivity contribution in [3.05, 3.63) is 0 Å². The molecule has 0 bridgehead atoms. The van der Waals surface area contributed by atoms with Gasteiger partial charge in [0.05, 0.1) is 12.7 Å². The fourth-order valence-electron chi connectivity index (χ4n) is 2.93. The minimum absolute atomic E-state index is 0.0463. The first kappa shape index (κ1) is 18.8. The van der Waals surface area contributed by atoms with Crippen LogP contribution in [0.15, 0.2) is 0 Å². The van der Waals surface area contributed by atoms with Gasteiger partial charge in [-0.2, -0.15) is 0 Å². The van der Waals surface area contributed by atoms with Gasteiger partial charge in [-0.1, -0.05) is 0 Å². The van der Waals surface area contributed by atoms with Gasteiger partial charge in [-0.3, -0.25) is 4.90 Å². The number of alkyl carbamates (subject to hydrolysis) is 1. The van der Waals surface area contributed by atoms with Crippen LogP contribution in [0, 0.1) is 0 Å². The Labute approximate surface area is 143 Å². The SMILES string of the molecule is CC(C)(C)OC(=O)NCCNC(=O)NC[C@@H]1CN2CCC[C@H]2CO1. The van der Waals surface area contributed by atoms with Gasteiger partial charge < -0.3 is 25.4 Å². The molecular formula is C16H30N4O4. The lowest BCUT2D eigenvalue weighted by molar-refractivity contribution is -0.0457. The van der Waals surface area contributed by atoms with Gasteiger partial charge >= 0.3 is 12.1 Å². The van der Waals surface area contributed by atoms with Gasteiger partial charge in [-0.25, -0.2) is 9.59 Å². The molecule has 0 aliphatic carbocycles. The number of carbonyl (C=O) groups is 2. The van der Waals surface area contributed by atoms with E-state index in [9.17, 15) is 9.59 Å². The molecule has 2 heterocycles. The summed E-state index contributed by atoms with van der Waals surface area (Å²) >= 11 is 0. The molecule has 8 heteroatoms. The van der Waals surface area contributed by atoms with Gasteiger partial charge in [0.15, 0.2) is 0 Å². The van der Waals surface area contributed by atoms with E-state index < -0.39 is 11.7 Å². The van der Waals surface area contributed by atoms with E-state index in [0.717, 1.165) is 19.7 Å². The monoisotopic (exact) mass is 342 g/mol. The Hall–Kier alpha value is -1.54. The molecule has 0 spiro atoms. The minimum Gasteiger partial charge on any atom is -0.444 e. The summed E-state index contributed by atoms with van der Waals surface area (Å²) in [6.45, 7) is 9.32. The number of nitrogens with zero attached hydrogens (tertiary/aromatic N) is 1. The largest absolute Gasteiger partial charge is 0.444 e. The molecule has 138 valence electrons. The smallest absolute Gasteiger partial charge is 0.407 e. The number of amides is 3. The Morgan fingerprint density at radius 2 is 1.96 bits per heavy atom. The van der Waals surface area contributed by atoms with Crippen LogP contribution in [0.3, 0.4) is 0 Å². The van der Waals surface area contributed by atoms with Crippen molar-refractivity contribution in [2.45, 2.75) is 51.4 Å². The zero-order valence-electron chi connectivity index (χ0n) is 14.9. The molecule has 24 heavy (non-hydrogen) atoms. The normalized spacial score (nSPS) is 24.1. The van der Waals surface area contributed by atoms with Crippen LogP contribution in [0.4, 0.5) is 9.59 Å². The Kier molecular flexibility index (Phi) is 6.68. The van der Waals surface area contributed by atoms with Crippen molar-refractivity contribution >= 4 is 12.1 Å². The lowest BCUT2D eigenvalue weighted by atomic mass is 10.2. The Bertz CT molecular complexity index is 438. The predicted octanol–water partition coefficient (Wildman–Crippen LogP) is 0.674. The number of hydrogen-bond donors (Lipinski definition) is 3. The lowest BCUT2D eigenvalue weighted by Gasteiger charge is -2.35. The number of carbonyl (C=O) groups excluding carboxylic acids is 2. The minimum atomic E-state index is -0.525. The lowest BCUT2D eigenvalue weighted by Crippen LogP contribution is -2.51. The molecule has 2 aliphatic heterocycles. The van der Waals surface area contributed by atoms with Gasteiger partial charge in [0.2, 0.25) is 0 Å². The second kappa shape index (κ2) is 8.53. The van der Waals surface area contributed by atoms with E-state index in [0.29, 0.717) is 25.7 Å². The van der Waals surface area contributed by atoms with E-state index in [1.165, 1.54) is 12.8 Å². The van der Waals surface area contributed by atoms with Crippen LogP contribution in [-0.2, 0) is 9.47 Å². The molecule has 0 aromatic rings. The third-order valence-electron chi connectivity index (χ3n) is 4.03. The highest BCUT2D eigenvalue weighted by molar-refractivity contribution is 5.74. The van der Waals surface area contributed by atoms with Crippen LogP contribution < -0.4 is 16.0 Å². The van der Waals surface area contributed by atoms with Gasteiger partial charge in [-0.05, 0) is 40.2 Å². The average molecular weight is 342 g/mol. The molecule has 3 amide bonds. The fraction of sp³-hybridized carbons (Fsp3) is 0.875. The van der Waals surface area contributed by atoms with Crippen molar-refractivity contribution in [1.29, 1.82) is 0 Å². The summed E-state index contributed by atoms with van der Waals surface area (Å²) in [4.78, 5) is 25.6. The van der Waals surface area contributed by atoms with Crippen LogP contribution in [0.5, 0.6) is 0 Å². The van der Waals surface area contributed by atoms with E-state index in [1.54, 1.807) is 20.8 Å². The molecular weight excluding hydrogens is 312 g/mol. The second-order valence-electron chi connectivity index (χ2n) is 7.31. The molecule has 8 nitrogen and oxygen atoms in total. The third-order valence-corrected chi connectivity index (χ3v) is 4.03. The molecule has 0 radical (unpaired) electrons. The zero-order valence-corrected chi connectivity index (χ0v) is 14.9. The molecule has 2 rings (SSSR count). The Morgan fingerprint density at radius 3 is 2.71 bits per heavy atom. The molecule has 0 unspecified atom stereocenters. The van der Waals surface area contributed by atoms with Crippen molar-refractivity contribution in [3.8, 4) is 0 Å². The predicted molar refractivity (Wildman–Crippen MR) is 90.0 cm³/mol. The average Bonchev–Trinajstić information content (AvgIpc) is 2.95. The molecule has 0 saturated carbocycles. The first-order chi connectivity index (χ1) is 11.3. The first-order valence-electron chi connectivity index (χ1n) is 8.68. The summed E-state index contributed by atoms with van der Waals surface area (Å²) < 4.78 is 10.9. The summed E-state index contributed by atoms with van der Waals surface area (Å²) in [7, 11) is 0. The van der Waals surface area contributed by atoms with E-state index in [-0.39, 0.29) is 12.1 Å². The van der Waals surface area contributed by atoms with Gasteiger partial charge in [0.25, 0.3) is 0 Å². The molecule has 2 atom stereocenters. The highest BCUT2D eigenvalue weighted by Gasteiger charge is 2.32. The molecule has 2 saturated heterocycles. The van der Waals surface area contributed by atoms with Crippen LogP contribution in [0.1, 0.15) is 33.6 Å². The van der Waals surface area contributed by atoms with Gasteiger partial charge in [-0.15, -0.1) is 0 Å². The maximum Gasteiger partial charge on any atom is 0.407 e. The van der Waals surface area contributed by atoms with Crippen LogP contribution in [0.2, 0.25) is 0 Å². The Morgan fingerprint density at radius 1 is 1.21 bits per heavy atom. The van der Waals surface area contributed by atoms with Crippen molar-refractivity contribution in [2.24, 2.45) is 0 Å². The van der Waals surface area contributed by atoms with E-state index >= 15 is 0 Å². The molecule has 0 aromatic carbocycles. The number of fused-ring (bicyclic) bond motifs is 1. The first-order valence-corrected chi connectivity index (χ1v) is 8.68. The van der Waals surface area contributed by atoms with E-state index in [1.807, 2.05) is 0 Å². The molecule has 2 aliphatic rings. The second-order valence-corrected chi connectivity index (χ2v) is 7.31. The van der Waals surface area contributed by atoms with Crippen molar-refractivity contribution in [2.75, 3.05) is 39.3 Å². The van der Waals surface area contributed by atoms with Crippen LogP contribution in [0.25, 0.3) is 0 Å². The third kappa shape index (κ3) is 6.52. The highest BCUT2D eigenvalue weighted by Crippen LogP contribution is 2.22. The van der Waals surface area contributed by atoms with Gasteiger partial charge in [0, 0.05) is 32.2 Å². The summed E-state index contributed by atoms with van der Waals surface area (Å²) in [5.41, 5.74) is -0.525.